The summed E-state index contributed by atoms with van der Waals surface area (Å²) in [6.45, 7) is 4.40. The van der Waals surface area contributed by atoms with Crippen molar-refractivity contribution < 1.29 is 0 Å². The molecule has 2 rings (SSSR count). The molecule has 0 aliphatic carbocycles. The SMILES string of the molecule is CCC[Se]C1CCNCC(c2ccccn2)N1. The van der Waals surface area contributed by atoms with Gasteiger partial charge in [0.15, 0.2) is 0 Å². The Balaban J connectivity index is 1.97. The minimum absolute atomic E-state index is 0.377. The Kier molecular flexibility index (Phi) is 5.46. The van der Waals surface area contributed by atoms with Gasteiger partial charge in [0.1, 0.15) is 0 Å². The number of rotatable bonds is 4. The van der Waals surface area contributed by atoms with E-state index in [4.69, 9.17) is 0 Å². The summed E-state index contributed by atoms with van der Waals surface area (Å²) in [6.07, 6.45) is 4.44. The summed E-state index contributed by atoms with van der Waals surface area (Å²) in [5, 5.41) is 8.65. The molecule has 3 nitrogen and oxygen atoms in total. The van der Waals surface area contributed by atoms with E-state index in [2.05, 4.69) is 34.7 Å². The van der Waals surface area contributed by atoms with Gasteiger partial charge in [-0.3, -0.25) is 0 Å². The number of hydrogen-bond acceptors (Lipinski definition) is 3. The van der Waals surface area contributed by atoms with Crippen LogP contribution in [0.1, 0.15) is 31.5 Å². The first-order valence-electron chi connectivity index (χ1n) is 6.39. The van der Waals surface area contributed by atoms with E-state index in [0.29, 0.717) is 25.9 Å². The Morgan fingerprint density at radius 3 is 3.18 bits per heavy atom. The van der Waals surface area contributed by atoms with Gasteiger partial charge in [0, 0.05) is 0 Å². The van der Waals surface area contributed by atoms with Gasteiger partial charge in [-0.2, -0.15) is 0 Å². The fraction of sp³-hybridized carbons (Fsp3) is 0.615. The van der Waals surface area contributed by atoms with Crippen LogP contribution >= 0.6 is 0 Å². The van der Waals surface area contributed by atoms with Crippen molar-refractivity contribution in [2.45, 2.75) is 36.1 Å². The van der Waals surface area contributed by atoms with Gasteiger partial charge in [-0.15, -0.1) is 0 Å². The summed E-state index contributed by atoms with van der Waals surface area (Å²) in [6, 6.07) is 6.55. The number of hydrogen-bond donors (Lipinski definition) is 2. The van der Waals surface area contributed by atoms with Crippen molar-refractivity contribution in [1.29, 1.82) is 0 Å². The van der Waals surface area contributed by atoms with Crippen LogP contribution < -0.4 is 10.6 Å². The van der Waals surface area contributed by atoms with Crippen molar-refractivity contribution in [2.24, 2.45) is 0 Å². The van der Waals surface area contributed by atoms with Crippen molar-refractivity contribution >= 4 is 15.0 Å². The molecule has 0 radical (unpaired) electrons. The van der Waals surface area contributed by atoms with Gasteiger partial charge in [-0.25, -0.2) is 0 Å². The number of nitrogens with zero attached hydrogens (tertiary/aromatic N) is 1. The van der Waals surface area contributed by atoms with Gasteiger partial charge in [-0.1, -0.05) is 0 Å². The molecule has 2 heterocycles. The second kappa shape index (κ2) is 7.12. The van der Waals surface area contributed by atoms with Crippen LogP contribution in [0.15, 0.2) is 24.4 Å². The molecule has 1 aromatic heterocycles. The van der Waals surface area contributed by atoms with Crippen molar-refractivity contribution in [3.63, 3.8) is 0 Å². The normalized spacial score (nSPS) is 25.5. The van der Waals surface area contributed by atoms with Crippen LogP contribution in [-0.4, -0.2) is 38.0 Å². The van der Waals surface area contributed by atoms with Crippen molar-refractivity contribution in [1.82, 2.24) is 15.6 Å². The molecule has 1 fully saturated rings. The fourth-order valence-corrected chi connectivity index (χ4v) is 4.24. The van der Waals surface area contributed by atoms with Crippen molar-refractivity contribution in [2.75, 3.05) is 13.1 Å². The zero-order valence-electron chi connectivity index (χ0n) is 10.4. The topological polar surface area (TPSA) is 37.0 Å². The molecule has 2 unspecified atom stereocenters. The molecule has 1 aromatic rings. The summed E-state index contributed by atoms with van der Waals surface area (Å²) in [5.74, 6) is 0. The van der Waals surface area contributed by atoms with E-state index in [1.54, 1.807) is 0 Å². The Bertz CT molecular complexity index is 318. The van der Waals surface area contributed by atoms with Crippen molar-refractivity contribution in [3.8, 4) is 0 Å². The molecule has 0 bridgehead atoms. The van der Waals surface area contributed by atoms with E-state index < -0.39 is 0 Å². The van der Waals surface area contributed by atoms with Crippen LogP contribution in [0.25, 0.3) is 0 Å². The van der Waals surface area contributed by atoms with E-state index >= 15 is 0 Å². The summed E-state index contributed by atoms with van der Waals surface area (Å²) in [5.41, 5.74) is 1.17. The third-order valence-electron chi connectivity index (χ3n) is 2.89. The number of pyridine rings is 1. The van der Waals surface area contributed by atoms with E-state index in [0.717, 1.165) is 13.1 Å². The van der Waals surface area contributed by atoms with Crippen LogP contribution in [0, 0.1) is 0 Å². The molecular weight excluding hydrogens is 277 g/mol. The summed E-state index contributed by atoms with van der Waals surface area (Å²) in [4.78, 5) is 5.16. The van der Waals surface area contributed by atoms with E-state index in [-0.39, 0.29) is 0 Å². The fourth-order valence-electron chi connectivity index (χ4n) is 2.01. The van der Waals surface area contributed by atoms with E-state index in [9.17, 15) is 0 Å². The van der Waals surface area contributed by atoms with Gasteiger partial charge >= 0.3 is 110 Å². The quantitative estimate of drug-likeness (QED) is 0.829. The third-order valence-corrected chi connectivity index (χ3v) is 5.86. The van der Waals surface area contributed by atoms with Gasteiger partial charge in [0.25, 0.3) is 0 Å². The van der Waals surface area contributed by atoms with Gasteiger partial charge in [0.2, 0.25) is 0 Å². The average Bonchev–Trinajstić information content (AvgIpc) is 2.63. The molecule has 2 atom stereocenters. The molecule has 17 heavy (non-hydrogen) atoms. The Hall–Kier alpha value is -0.411. The molecular formula is C13H21N3Se. The van der Waals surface area contributed by atoms with Crippen LogP contribution in [0.3, 0.4) is 0 Å². The first-order valence-corrected chi connectivity index (χ1v) is 8.59. The van der Waals surface area contributed by atoms with Gasteiger partial charge < -0.3 is 0 Å². The Morgan fingerprint density at radius 1 is 1.47 bits per heavy atom. The Labute approximate surface area is 110 Å². The molecule has 0 saturated carbocycles. The van der Waals surface area contributed by atoms with Crippen molar-refractivity contribution in [3.05, 3.63) is 30.1 Å². The molecule has 94 valence electrons. The maximum absolute atomic E-state index is 4.46. The molecule has 0 amide bonds. The zero-order chi connectivity index (χ0) is 11.9. The molecule has 1 saturated heterocycles. The first kappa shape index (κ1) is 13.0. The predicted octanol–water partition coefficient (Wildman–Crippen LogP) is 1.56. The second-order valence-corrected chi connectivity index (χ2v) is 7.08. The predicted molar refractivity (Wildman–Crippen MR) is 72.2 cm³/mol. The summed E-state index contributed by atoms with van der Waals surface area (Å²) in [7, 11) is 0. The molecule has 1 aliphatic rings. The van der Waals surface area contributed by atoms with E-state index in [1.807, 2.05) is 12.3 Å². The monoisotopic (exact) mass is 299 g/mol. The van der Waals surface area contributed by atoms with Crippen LogP contribution in [0.5, 0.6) is 0 Å². The van der Waals surface area contributed by atoms with E-state index in [1.165, 1.54) is 23.9 Å². The zero-order valence-corrected chi connectivity index (χ0v) is 12.1. The van der Waals surface area contributed by atoms with Gasteiger partial charge in [-0.05, 0) is 0 Å². The molecule has 4 heteroatoms. The molecule has 1 aliphatic heterocycles. The standard InChI is InChI=1S/C13H21N3Se/c1-2-9-17-13-6-8-14-10-12(16-13)11-5-3-4-7-15-11/h3-5,7,12-14,16H,2,6,8-10H2,1H3. The average molecular weight is 298 g/mol. The third kappa shape index (κ3) is 4.07. The number of nitrogens with one attached hydrogen (secondary N) is 2. The maximum atomic E-state index is 4.46. The van der Waals surface area contributed by atoms with Crippen LogP contribution in [0.4, 0.5) is 0 Å². The van der Waals surface area contributed by atoms with Crippen LogP contribution in [-0.2, 0) is 0 Å². The summed E-state index contributed by atoms with van der Waals surface area (Å²) >= 11 is 0.716. The number of aromatic nitrogens is 1. The van der Waals surface area contributed by atoms with Gasteiger partial charge in [0.05, 0.1) is 0 Å². The minimum atomic E-state index is 0.377. The van der Waals surface area contributed by atoms with Crippen LogP contribution in [0.2, 0.25) is 5.32 Å². The summed E-state index contributed by atoms with van der Waals surface area (Å²) < 4.78 is 0. The molecule has 0 aromatic carbocycles. The molecule has 0 spiro atoms. The first-order chi connectivity index (χ1) is 8.40. The second-order valence-electron chi connectivity index (χ2n) is 4.33. The molecule has 2 N–H and O–H groups in total. The Morgan fingerprint density at radius 2 is 2.41 bits per heavy atom.